The Balaban J connectivity index is 2.40. The van der Waals surface area contributed by atoms with Crippen LogP contribution in [0.25, 0.3) is 0 Å². The summed E-state index contributed by atoms with van der Waals surface area (Å²) in [6, 6.07) is 6.30. The van der Waals surface area contributed by atoms with E-state index in [0.717, 1.165) is 25.2 Å². The van der Waals surface area contributed by atoms with Gasteiger partial charge >= 0.3 is 0 Å². The normalized spacial score (nSPS) is 10.6. The van der Waals surface area contributed by atoms with E-state index in [9.17, 15) is 0 Å². The van der Waals surface area contributed by atoms with Crippen molar-refractivity contribution in [3.63, 3.8) is 0 Å². The monoisotopic (exact) mass is 249 g/mol. The first-order valence-electron chi connectivity index (χ1n) is 7.21. The highest BCUT2D eigenvalue weighted by molar-refractivity contribution is 5.40. The molecule has 2 heteroatoms. The zero-order chi connectivity index (χ0) is 13.2. The number of aryl methyl sites for hydroxylation is 1. The SMILES string of the molecule is CCCCCCCOc1c(C)cccc1CCN. The van der Waals surface area contributed by atoms with Gasteiger partial charge in [0, 0.05) is 0 Å². The fourth-order valence-corrected chi connectivity index (χ4v) is 2.15. The summed E-state index contributed by atoms with van der Waals surface area (Å²) in [7, 11) is 0. The Hall–Kier alpha value is -1.02. The zero-order valence-corrected chi connectivity index (χ0v) is 11.9. The summed E-state index contributed by atoms with van der Waals surface area (Å²) in [6.07, 6.45) is 7.26. The summed E-state index contributed by atoms with van der Waals surface area (Å²) in [5.41, 5.74) is 8.09. The summed E-state index contributed by atoms with van der Waals surface area (Å²) < 4.78 is 5.95. The smallest absolute Gasteiger partial charge is 0.125 e. The number of ether oxygens (including phenoxy) is 1. The summed E-state index contributed by atoms with van der Waals surface area (Å²) in [5.74, 6) is 1.05. The van der Waals surface area contributed by atoms with Gasteiger partial charge in [-0.25, -0.2) is 0 Å². The molecular formula is C16H27NO. The van der Waals surface area contributed by atoms with E-state index in [1.54, 1.807) is 0 Å². The molecule has 0 aliphatic heterocycles. The molecule has 1 aromatic rings. The highest BCUT2D eigenvalue weighted by Gasteiger charge is 2.05. The van der Waals surface area contributed by atoms with Gasteiger partial charge in [-0.2, -0.15) is 0 Å². The summed E-state index contributed by atoms with van der Waals surface area (Å²) in [4.78, 5) is 0. The van der Waals surface area contributed by atoms with Crippen LogP contribution in [-0.2, 0) is 6.42 Å². The largest absolute Gasteiger partial charge is 0.493 e. The Labute approximate surface area is 112 Å². The molecule has 0 saturated carbocycles. The van der Waals surface area contributed by atoms with E-state index in [2.05, 4.69) is 32.0 Å². The van der Waals surface area contributed by atoms with Crippen molar-refractivity contribution in [1.29, 1.82) is 0 Å². The average Bonchev–Trinajstić information content (AvgIpc) is 2.36. The van der Waals surface area contributed by atoms with Crippen molar-refractivity contribution in [2.45, 2.75) is 52.4 Å². The van der Waals surface area contributed by atoms with Crippen molar-refractivity contribution >= 4 is 0 Å². The molecule has 0 atom stereocenters. The van der Waals surface area contributed by atoms with E-state index in [-0.39, 0.29) is 0 Å². The maximum absolute atomic E-state index is 5.95. The third kappa shape index (κ3) is 5.09. The van der Waals surface area contributed by atoms with E-state index in [1.165, 1.54) is 36.8 Å². The van der Waals surface area contributed by atoms with E-state index < -0.39 is 0 Å². The van der Waals surface area contributed by atoms with Crippen LogP contribution < -0.4 is 10.5 Å². The number of hydrogen-bond donors (Lipinski definition) is 1. The minimum absolute atomic E-state index is 0.677. The summed E-state index contributed by atoms with van der Waals surface area (Å²) in [5, 5.41) is 0. The Kier molecular flexibility index (Phi) is 7.51. The lowest BCUT2D eigenvalue weighted by Crippen LogP contribution is -2.07. The first-order chi connectivity index (χ1) is 8.79. The molecule has 2 N–H and O–H groups in total. The number of hydrogen-bond acceptors (Lipinski definition) is 2. The molecule has 1 rings (SSSR count). The molecule has 18 heavy (non-hydrogen) atoms. The van der Waals surface area contributed by atoms with Crippen molar-refractivity contribution in [2.75, 3.05) is 13.2 Å². The van der Waals surface area contributed by atoms with Gasteiger partial charge in [0.05, 0.1) is 6.61 Å². The van der Waals surface area contributed by atoms with Crippen LogP contribution in [0, 0.1) is 6.92 Å². The molecular weight excluding hydrogens is 222 g/mol. The minimum Gasteiger partial charge on any atom is -0.493 e. The van der Waals surface area contributed by atoms with Crippen LogP contribution in [0.15, 0.2) is 18.2 Å². The molecule has 0 spiro atoms. The van der Waals surface area contributed by atoms with Crippen molar-refractivity contribution in [1.82, 2.24) is 0 Å². The van der Waals surface area contributed by atoms with Crippen molar-refractivity contribution in [2.24, 2.45) is 5.73 Å². The lowest BCUT2D eigenvalue weighted by Gasteiger charge is -2.13. The van der Waals surface area contributed by atoms with Crippen molar-refractivity contribution in [3.05, 3.63) is 29.3 Å². The van der Waals surface area contributed by atoms with Crippen molar-refractivity contribution in [3.8, 4) is 5.75 Å². The Bertz CT molecular complexity index is 336. The molecule has 102 valence electrons. The topological polar surface area (TPSA) is 35.2 Å². The number of benzene rings is 1. The van der Waals surface area contributed by atoms with Crippen LogP contribution >= 0.6 is 0 Å². The summed E-state index contributed by atoms with van der Waals surface area (Å²) >= 11 is 0. The van der Waals surface area contributed by atoms with Gasteiger partial charge in [0.1, 0.15) is 5.75 Å². The van der Waals surface area contributed by atoms with Gasteiger partial charge in [0.2, 0.25) is 0 Å². The van der Waals surface area contributed by atoms with Crippen LogP contribution in [0.4, 0.5) is 0 Å². The second-order valence-corrected chi connectivity index (χ2v) is 4.86. The Morgan fingerprint density at radius 1 is 1.11 bits per heavy atom. The molecule has 1 aromatic carbocycles. The van der Waals surface area contributed by atoms with E-state index in [0.29, 0.717) is 6.54 Å². The second kappa shape index (κ2) is 8.98. The van der Waals surface area contributed by atoms with Gasteiger partial charge in [-0.1, -0.05) is 50.8 Å². The molecule has 0 radical (unpaired) electrons. The van der Waals surface area contributed by atoms with E-state index in [1.807, 2.05) is 0 Å². The van der Waals surface area contributed by atoms with Crippen LogP contribution in [0.3, 0.4) is 0 Å². The molecule has 0 unspecified atom stereocenters. The fraction of sp³-hybridized carbons (Fsp3) is 0.625. The predicted octanol–water partition coefficient (Wildman–Crippen LogP) is 3.85. The predicted molar refractivity (Wildman–Crippen MR) is 78.2 cm³/mol. The van der Waals surface area contributed by atoms with Gasteiger partial charge in [0.15, 0.2) is 0 Å². The Morgan fingerprint density at radius 2 is 1.89 bits per heavy atom. The number of para-hydroxylation sites is 1. The first-order valence-corrected chi connectivity index (χ1v) is 7.21. The van der Waals surface area contributed by atoms with Crippen LogP contribution in [0.1, 0.15) is 50.2 Å². The standard InChI is InChI=1S/C16H27NO/c1-3-4-5-6-7-13-18-16-14(2)9-8-10-15(16)11-12-17/h8-10H,3-7,11-13,17H2,1-2H3. The van der Waals surface area contributed by atoms with Gasteiger partial charge < -0.3 is 10.5 Å². The number of unbranched alkanes of at least 4 members (excludes halogenated alkanes) is 4. The molecule has 0 fully saturated rings. The van der Waals surface area contributed by atoms with Crippen LogP contribution in [0.5, 0.6) is 5.75 Å². The quantitative estimate of drug-likeness (QED) is 0.675. The molecule has 0 aromatic heterocycles. The van der Waals surface area contributed by atoms with Crippen LogP contribution in [0.2, 0.25) is 0 Å². The number of nitrogens with two attached hydrogens (primary N) is 1. The van der Waals surface area contributed by atoms with Gasteiger partial charge in [-0.3, -0.25) is 0 Å². The molecule has 0 amide bonds. The molecule has 0 heterocycles. The van der Waals surface area contributed by atoms with E-state index >= 15 is 0 Å². The second-order valence-electron chi connectivity index (χ2n) is 4.86. The minimum atomic E-state index is 0.677. The molecule has 2 nitrogen and oxygen atoms in total. The van der Waals surface area contributed by atoms with Crippen LogP contribution in [-0.4, -0.2) is 13.2 Å². The molecule has 0 bridgehead atoms. The third-order valence-corrected chi connectivity index (χ3v) is 3.20. The highest BCUT2D eigenvalue weighted by atomic mass is 16.5. The molecule has 0 aliphatic carbocycles. The van der Waals surface area contributed by atoms with E-state index in [4.69, 9.17) is 10.5 Å². The number of rotatable bonds is 9. The van der Waals surface area contributed by atoms with Gasteiger partial charge in [0.25, 0.3) is 0 Å². The Morgan fingerprint density at radius 3 is 2.61 bits per heavy atom. The lowest BCUT2D eigenvalue weighted by atomic mass is 10.1. The molecule has 0 aliphatic rings. The average molecular weight is 249 g/mol. The van der Waals surface area contributed by atoms with Crippen molar-refractivity contribution < 1.29 is 4.74 Å². The first kappa shape index (κ1) is 15.0. The van der Waals surface area contributed by atoms with Gasteiger partial charge in [-0.05, 0) is 37.4 Å². The summed E-state index contributed by atoms with van der Waals surface area (Å²) in [6.45, 7) is 5.85. The maximum atomic E-state index is 5.95. The maximum Gasteiger partial charge on any atom is 0.125 e. The highest BCUT2D eigenvalue weighted by Crippen LogP contribution is 2.24. The molecule has 0 saturated heterocycles. The zero-order valence-electron chi connectivity index (χ0n) is 11.9. The third-order valence-electron chi connectivity index (χ3n) is 3.20. The lowest BCUT2D eigenvalue weighted by molar-refractivity contribution is 0.299. The van der Waals surface area contributed by atoms with Gasteiger partial charge in [-0.15, -0.1) is 0 Å². The fourth-order valence-electron chi connectivity index (χ4n) is 2.15.